The first-order valence-electron chi connectivity index (χ1n) is 5.76. The van der Waals surface area contributed by atoms with Crippen LogP contribution in [0.25, 0.3) is 0 Å². The van der Waals surface area contributed by atoms with E-state index in [1.54, 1.807) is 0 Å². The normalized spacial score (nSPS) is 9.89. The summed E-state index contributed by atoms with van der Waals surface area (Å²) in [7, 11) is 0. The summed E-state index contributed by atoms with van der Waals surface area (Å²) in [4.78, 5) is 22.2. The van der Waals surface area contributed by atoms with Crippen molar-refractivity contribution in [3.63, 3.8) is 0 Å². The second-order valence-electron chi connectivity index (χ2n) is 4.00. The molecule has 0 bridgehead atoms. The first-order chi connectivity index (χ1) is 8.61. The van der Waals surface area contributed by atoms with Crippen LogP contribution in [0.2, 0.25) is 0 Å². The molecule has 0 fully saturated rings. The minimum Gasteiger partial charge on any atom is -0.354 e. The lowest BCUT2D eigenvalue weighted by Gasteiger charge is -2.06. The van der Waals surface area contributed by atoms with E-state index in [0.717, 1.165) is 6.42 Å². The lowest BCUT2D eigenvalue weighted by Crippen LogP contribution is -2.38. The van der Waals surface area contributed by atoms with Crippen molar-refractivity contribution in [2.45, 2.75) is 13.3 Å². The molecule has 0 unspecified atom stereocenters. The number of nitrogens with one attached hydrogen (secondary N) is 2. The van der Waals surface area contributed by atoms with Gasteiger partial charge in [-0.2, -0.15) is 0 Å². The maximum absolute atomic E-state index is 11.3. The number of hydrogen-bond acceptors (Lipinski definition) is 2. The minimum absolute atomic E-state index is 0.0283. The van der Waals surface area contributed by atoms with E-state index < -0.39 is 0 Å². The molecule has 1 rings (SSSR count). The number of carbonyl (C=O) groups is 2. The Morgan fingerprint density at radius 2 is 1.78 bits per heavy atom. The third-order valence-electron chi connectivity index (χ3n) is 2.42. The summed E-state index contributed by atoms with van der Waals surface area (Å²) in [5.74, 6) is -0.678. The van der Waals surface area contributed by atoms with Gasteiger partial charge in [0.25, 0.3) is 0 Å². The lowest BCUT2D eigenvalue weighted by molar-refractivity contribution is -0.124. The van der Waals surface area contributed by atoms with Crippen molar-refractivity contribution < 1.29 is 9.59 Å². The molecule has 4 nitrogen and oxygen atoms in total. The van der Waals surface area contributed by atoms with E-state index >= 15 is 0 Å². The highest BCUT2D eigenvalue weighted by Gasteiger charge is 2.03. The minimum atomic E-state index is -0.342. The Balaban J connectivity index is 2.19. The van der Waals surface area contributed by atoms with Gasteiger partial charge in [0.05, 0.1) is 6.54 Å². The van der Waals surface area contributed by atoms with Crippen LogP contribution in [-0.2, 0) is 16.0 Å². The van der Waals surface area contributed by atoms with Crippen molar-refractivity contribution in [3.05, 3.63) is 35.4 Å². The van der Waals surface area contributed by atoms with Gasteiger partial charge in [0.2, 0.25) is 11.8 Å². The maximum atomic E-state index is 11.3. The molecule has 2 N–H and O–H groups in total. The molecular weight excluding hydrogens is 252 g/mol. The molecule has 18 heavy (non-hydrogen) atoms. The molecule has 1 aromatic rings. The van der Waals surface area contributed by atoms with Crippen LogP contribution in [0.15, 0.2) is 24.3 Å². The summed E-state index contributed by atoms with van der Waals surface area (Å²) in [6.07, 6.45) is 0.773. The molecule has 5 heteroatoms. The molecule has 0 aliphatic carbocycles. The Labute approximate surface area is 112 Å². The largest absolute Gasteiger partial charge is 0.354 e. The summed E-state index contributed by atoms with van der Waals surface area (Å²) in [5.41, 5.74) is 2.39. The molecule has 0 spiro atoms. The monoisotopic (exact) mass is 268 g/mol. The number of alkyl halides is 1. The fourth-order valence-electron chi connectivity index (χ4n) is 1.39. The lowest BCUT2D eigenvalue weighted by atomic mass is 10.1. The zero-order valence-corrected chi connectivity index (χ0v) is 11.1. The van der Waals surface area contributed by atoms with Gasteiger partial charge in [-0.1, -0.05) is 29.8 Å². The van der Waals surface area contributed by atoms with E-state index in [-0.39, 0.29) is 24.2 Å². The quantitative estimate of drug-likeness (QED) is 0.757. The first-order valence-corrected chi connectivity index (χ1v) is 6.30. The number of aryl methyl sites for hydroxylation is 1. The van der Waals surface area contributed by atoms with E-state index in [1.165, 1.54) is 11.1 Å². The van der Waals surface area contributed by atoms with Crippen molar-refractivity contribution >= 4 is 23.4 Å². The second kappa shape index (κ2) is 7.71. The van der Waals surface area contributed by atoms with Crippen molar-refractivity contribution in [3.8, 4) is 0 Å². The SMILES string of the molecule is Cc1ccc(CCNC(=O)CNC(=O)CCl)cc1. The van der Waals surface area contributed by atoms with Gasteiger partial charge in [0.1, 0.15) is 5.88 Å². The highest BCUT2D eigenvalue weighted by Crippen LogP contribution is 2.02. The van der Waals surface area contributed by atoms with E-state index in [4.69, 9.17) is 11.6 Å². The number of halogens is 1. The van der Waals surface area contributed by atoms with Crippen molar-refractivity contribution in [1.29, 1.82) is 0 Å². The maximum Gasteiger partial charge on any atom is 0.239 e. The zero-order chi connectivity index (χ0) is 13.4. The van der Waals surface area contributed by atoms with Crippen LogP contribution in [0.5, 0.6) is 0 Å². The predicted octanol–water partition coefficient (Wildman–Crippen LogP) is 1.01. The first kappa shape index (κ1) is 14.5. The topological polar surface area (TPSA) is 58.2 Å². The summed E-state index contributed by atoms with van der Waals surface area (Å²) in [6, 6.07) is 8.16. The molecule has 0 heterocycles. The standard InChI is InChI=1S/C13H17ClN2O2/c1-10-2-4-11(5-3-10)6-7-15-13(18)9-16-12(17)8-14/h2-5H,6-9H2,1H3,(H,15,18)(H,16,17). The van der Waals surface area contributed by atoms with Gasteiger partial charge in [-0.25, -0.2) is 0 Å². The molecule has 0 atom stereocenters. The van der Waals surface area contributed by atoms with Crippen LogP contribution in [0.1, 0.15) is 11.1 Å². The molecule has 0 aliphatic heterocycles. The summed E-state index contributed by atoms with van der Waals surface area (Å²) >= 11 is 5.29. The van der Waals surface area contributed by atoms with Crippen molar-refractivity contribution in [2.75, 3.05) is 19.0 Å². The van der Waals surface area contributed by atoms with Crippen LogP contribution < -0.4 is 10.6 Å². The number of hydrogen-bond donors (Lipinski definition) is 2. The average Bonchev–Trinajstić information content (AvgIpc) is 2.38. The van der Waals surface area contributed by atoms with Crippen LogP contribution in [0.4, 0.5) is 0 Å². The number of carbonyl (C=O) groups excluding carboxylic acids is 2. The Morgan fingerprint density at radius 3 is 2.39 bits per heavy atom. The molecule has 0 saturated carbocycles. The highest BCUT2D eigenvalue weighted by molar-refractivity contribution is 6.27. The number of benzene rings is 1. The molecule has 98 valence electrons. The van der Waals surface area contributed by atoms with Gasteiger partial charge in [-0.3, -0.25) is 9.59 Å². The number of rotatable bonds is 6. The third-order valence-corrected chi connectivity index (χ3v) is 2.67. The van der Waals surface area contributed by atoms with E-state index in [9.17, 15) is 9.59 Å². The Kier molecular flexibility index (Phi) is 6.22. The summed E-state index contributed by atoms with van der Waals surface area (Å²) in [5, 5.41) is 5.13. The third kappa shape index (κ3) is 5.68. The molecule has 0 saturated heterocycles. The Hall–Kier alpha value is -1.55. The van der Waals surface area contributed by atoms with E-state index in [2.05, 4.69) is 10.6 Å². The van der Waals surface area contributed by atoms with Crippen LogP contribution in [0.3, 0.4) is 0 Å². The predicted molar refractivity (Wildman–Crippen MR) is 71.6 cm³/mol. The van der Waals surface area contributed by atoms with E-state index in [0.29, 0.717) is 6.54 Å². The van der Waals surface area contributed by atoms with Crippen molar-refractivity contribution in [1.82, 2.24) is 10.6 Å². The van der Waals surface area contributed by atoms with Gasteiger partial charge in [-0.15, -0.1) is 11.6 Å². The fraction of sp³-hybridized carbons (Fsp3) is 0.385. The molecular formula is C13H17ClN2O2. The van der Waals surface area contributed by atoms with Gasteiger partial charge in [0, 0.05) is 6.54 Å². The van der Waals surface area contributed by atoms with E-state index in [1.807, 2.05) is 31.2 Å². The average molecular weight is 269 g/mol. The van der Waals surface area contributed by atoms with Crippen molar-refractivity contribution in [2.24, 2.45) is 0 Å². The molecule has 0 radical (unpaired) electrons. The smallest absolute Gasteiger partial charge is 0.239 e. The Bertz CT molecular complexity index is 404. The van der Waals surface area contributed by atoms with Gasteiger partial charge in [0.15, 0.2) is 0 Å². The van der Waals surface area contributed by atoms with Gasteiger partial charge < -0.3 is 10.6 Å². The number of amides is 2. The molecule has 0 aromatic heterocycles. The van der Waals surface area contributed by atoms with Gasteiger partial charge in [-0.05, 0) is 18.9 Å². The summed E-state index contributed by atoms with van der Waals surface area (Å²) in [6.45, 7) is 2.56. The van der Waals surface area contributed by atoms with Crippen LogP contribution in [-0.4, -0.2) is 30.8 Å². The molecule has 1 aromatic carbocycles. The van der Waals surface area contributed by atoms with Crippen LogP contribution in [0, 0.1) is 6.92 Å². The van der Waals surface area contributed by atoms with Crippen LogP contribution >= 0.6 is 11.6 Å². The summed E-state index contributed by atoms with van der Waals surface area (Å²) < 4.78 is 0. The second-order valence-corrected chi connectivity index (χ2v) is 4.26. The molecule has 0 aliphatic rings. The molecule has 2 amide bonds. The zero-order valence-electron chi connectivity index (χ0n) is 10.3. The highest BCUT2D eigenvalue weighted by atomic mass is 35.5. The Morgan fingerprint density at radius 1 is 1.11 bits per heavy atom. The fourth-order valence-corrected chi connectivity index (χ4v) is 1.48. The van der Waals surface area contributed by atoms with Gasteiger partial charge >= 0.3 is 0 Å².